The lowest BCUT2D eigenvalue weighted by Crippen LogP contribution is -2.23. The molecule has 2 aromatic heterocycles. The highest BCUT2D eigenvalue weighted by Crippen LogP contribution is 2.42. The van der Waals surface area contributed by atoms with Crippen molar-refractivity contribution in [2.24, 2.45) is 4.36 Å². The number of halogens is 3. The maximum absolute atomic E-state index is 13.5. The predicted molar refractivity (Wildman–Crippen MR) is 112 cm³/mol. The van der Waals surface area contributed by atoms with Gasteiger partial charge in [-0.1, -0.05) is 6.92 Å². The zero-order valence-corrected chi connectivity index (χ0v) is 18.9. The predicted octanol–water partition coefficient (Wildman–Crippen LogP) is 4.93. The average molecular weight is 488 g/mol. The van der Waals surface area contributed by atoms with E-state index in [2.05, 4.69) is 14.3 Å². The number of rotatable bonds is 6. The Hall–Kier alpha value is -2.47. The summed E-state index contributed by atoms with van der Waals surface area (Å²) in [7, 11) is -8.37. The van der Waals surface area contributed by atoms with E-state index >= 15 is 0 Å². The summed E-state index contributed by atoms with van der Waals surface area (Å²) in [5.74, 6) is -0.0318. The van der Waals surface area contributed by atoms with Crippen molar-refractivity contribution in [3.8, 4) is 11.6 Å². The van der Waals surface area contributed by atoms with Gasteiger partial charge in [-0.2, -0.15) is 13.2 Å². The van der Waals surface area contributed by atoms with Gasteiger partial charge in [0.2, 0.25) is 5.89 Å². The third-order valence-corrected chi connectivity index (χ3v) is 9.03. The molecule has 0 aliphatic heterocycles. The summed E-state index contributed by atoms with van der Waals surface area (Å²) in [5.41, 5.74) is -4.16. The number of pyridine rings is 1. The molecule has 1 unspecified atom stereocenters. The van der Waals surface area contributed by atoms with E-state index in [4.69, 9.17) is 4.42 Å². The summed E-state index contributed by atoms with van der Waals surface area (Å²) in [6.45, 7) is 2.59. The number of hydrogen-bond acceptors (Lipinski definition) is 7. The standard InChI is InChI=1S/C20H20F3N3O4S2/c1-3-25-32(29,20(21,22)23)14-7-8-16-15(10-14)26-19(30-16)18-17(31(27,28)4-2)9-13(11-24-18)12-5-6-12/h7-12H,3-6H2,1-2H3. The number of alkyl halides is 3. The molecule has 1 atom stereocenters. The van der Waals surface area contributed by atoms with Crippen LogP contribution in [0.15, 0.2) is 49.0 Å². The summed E-state index contributed by atoms with van der Waals surface area (Å²) in [5, 5.41) is 0. The van der Waals surface area contributed by atoms with Crippen LogP contribution in [0.25, 0.3) is 22.7 Å². The molecule has 0 spiro atoms. The summed E-state index contributed by atoms with van der Waals surface area (Å²) in [6.07, 6.45) is 3.48. The van der Waals surface area contributed by atoms with Crippen LogP contribution in [-0.4, -0.2) is 40.4 Å². The van der Waals surface area contributed by atoms with Crippen LogP contribution in [0.3, 0.4) is 0 Å². The maximum atomic E-state index is 13.5. The second kappa shape index (κ2) is 7.84. The zero-order chi connectivity index (χ0) is 23.3. The molecule has 7 nitrogen and oxygen atoms in total. The molecule has 1 aliphatic rings. The number of benzene rings is 1. The molecule has 2 heterocycles. The molecule has 3 aromatic rings. The van der Waals surface area contributed by atoms with Crippen molar-refractivity contribution in [2.75, 3.05) is 12.3 Å². The molecule has 0 amide bonds. The molecular weight excluding hydrogens is 467 g/mol. The Morgan fingerprint density at radius 2 is 1.88 bits per heavy atom. The average Bonchev–Trinajstić information content (AvgIpc) is 3.51. The number of nitrogens with zero attached hydrogens (tertiary/aromatic N) is 3. The van der Waals surface area contributed by atoms with Crippen LogP contribution in [0.5, 0.6) is 0 Å². The molecule has 0 bridgehead atoms. The van der Waals surface area contributed by atoms with Crippen LogP contribution in [0.1, 0.15) is 38.2 Å². The van der Waals surface area contributed by atoms with Crippen molar-refractivity contribution in [2.45, 2.75) is 47.9 Å². The number of hydrogen-bond donors (Lipinski definition) is 0. The van der Waals surface area contributed by atoms with Gasteiger partial charge >= 0.3 is 5.51 Å². The van der Waals surface area contributed by atoms with Crippen LogP contribution >= 0.6 is 0 Å². The van der Waals surface area contributed by atoms with E-state index in [1.54, 1.807) is 12.3 Å². The van der Waals surface area contributed by atoms with Crippen LogP contribution in [-0.2, 0) is 19.6 Å². The normalized spacial score (nSPS) is 16.8. The molecule has 0 N–H and O–H groups in total. The van der Waals surface area contributed by atoms with E-state index < -0.39 is 30.0 Å². The van der Waals surface area contributed by atoms with Crippen molar-refractivity contribution >= 4 is 30.7 Å². The van der Waals surface area contributed by atoms with Crippen molar-refractivity contribution in [3.05, 3.63) is 36.0 Å². The van der Waals surface area contributed by atoms with Gasteiger partial charge < -0.3 is 4.42 Å². The number of oxazole rings is 1. The van der Waals surface area contributed by atoms with Gasteiger partial charge in [-0.15, -0.1) is 0 Å². The number of sulfone groups is 1. The Morgan fingerprint density at radius 1 is 1.16 bits per heavy atom. The fourth-order valence-electron chi connectivity index (χ4n) is 3.30. The molecule has 32 heavy (non-hydrogen) atoms. The summed E-state index contributed by atoms with van der Waals surface area (Å²) in [4.78, 5) is 7.86. The first kappa shape index (κ1) is 22.7. The monoisotopic (exact) mass is 487 g/mol. The first-order chi connectivity index (χ1) is 15.0. The van der Waals surface area contributed by atoms with E-state index in [-0.39, 0.29) is 45.8 Å². The topological polar surface area (TPSA) is 102 Å². The molecule has 1 aliphatic carbocycles. The van der Waals surface area contributed by atoms with Gasteiger partial charge in [0.05, 0.1) is 15.5 Å². The van der Waals surface area contributed by atoms with E-state index in [1.807, 2.05) is 0 Å². The van der Waals surface area contributed by atoms with Crippen LogP contribution in [0.4, 0.5) is 13.2 Å². The van der Waals surface area contributed by atoms with Gasteiger partial charge in [0.15, 0.2) is 25.1 Å². The summed E-state index contributed by atoms with van der Waals surface area (Å²) in [6, 6.07) is 4.81. The van der Waals surface area contributed by atoms with Gasteiger partial charge in [0.25, 0.3) is 0 Å². The SMILES string of the molecule is CCN=S(=O)(c1ccc2oc(-c3ncc(C4CC4)cc3S(=O)(=O)CC)nc2c1)C(F)(F)F. The lowest BCUT2D eigenvalue weighted by Gasteiger charge is -2.13. The van der Waals surface area contributed by atoms with E-state index in [0.29, 0.717) is 0 Å². The molecular formula is C20H20F3N3O4S2. The van der Waals surface area contributed by atoms with Gasteiger partial charge in [-0.3, -0.25) is 0 Å². The second-order valence-corrected chi connectivity index (χ2v) is 11.8. The highest BCUT2D eigenvalue weighted by molar-refractivity contribution is 7.94. The van der Waals surface area contributed by atoms with Gasteiger partial charge in [0.1, 0.15) is 11.2 Å². The van der Waals surface area contributed by atoms with Crippen molar-refractivity contribution < 1.29 is 30.2 Å². The van der Waals surface area contributed by atoms with Crippen molar-refractivity contribution in [1.29, 1.82) is 0 Å². The van der Waals surface area contributed by atoms with Crippen LogP contribution in [0.2, 0.25) is 0 Å². The highest BCUT2D eigenvalue weighted by Gasteiger charge is 2.44. The minimum Gasteiger partial charge on any atom is -0.435 e. The first-order valence-corrected chi connectivity index (χ1v) is 13.1. The Kier molecular flexibility index (Phi) is 5.56. The van der Waals surface area contributed by atoms with Gasteiger partial charge in [0, 0.05) is 12.7 Å². The lowest BCUT2D eigenvalue weighted by molar-refractivity contribution is -0.0403. The van der Waals surface area contributed by atoms with Gasteiger partial charge in [-0.25, -0.2) is 27.0 Å². The first-order valence-electron chi connectivity index (χ1n) is 9.93. The van der Waals surface area contributed by atoms with Crippen LogP contribution in [0, 0.1) is 0 Å². The molecule has 172 valence electrons. The Bertz CT molecular complexity index is 1420. The summed E-state index contributed by atoms with van der Waals surface area (Å²) >= 11 is 0. The third kappa shape index (κ3) is 3.90. The quantitative estimate of drug-likeness (QED) is 0.489. The fourth-order valence-corrected chi connectivity index (χ4v) is 5.81. The minimum atomic E-state index is -5.06. The Morgan fingerprint density at radius 3 is 2.47 bits per heavy atom. The molecule has 1 saturated carbocycles. The minimum absolute atomic E-state index is 0.00584. The van der Waals surface area contributed by atoms with Crippen molar-refractivity contribution in [1.82, 2.24) is 9.97 Å². The van der Waals surface area contributed by atoms with E-state index in [9.17, 15) is 25.8 Å². The second-order valence-electron chi connectivity index (χ2n) is 7.36. The van der Waals surface area contributed by atoms with Crippen molar-refractivity contribution in [3.63, 3.8) is 0 Å². The fraction of sp³-hybridized carbons (Fsp3) is 0.400. The highest BCUT2D eigenvalue weighted by atomic mass is 32.2. The van der Waals surface area contributed by atoms with Gasteiger partial charge in [-0.05, 0) is 55.5 Å². The molecule has 1 aromatic carbocycles. The molecule has 1 fully saturated rings. The smallest absolute Gasteiger partial charge is 0.435 e. The summed E-state index contributed by atoms with van der Waals surface area (Å²) < 4.78 is 87.4. The third-order valence-electron chi connectivity index (χ3n) is 5.14. The van der Waals surface area contributed by atoms with E-state index in [1.165, 1.54) is 19.9 Å². The number of fused-ring (bicyclic) bond motifs is 1. The zero-order valence-electron chi connectivity index (χ0n) is 17.2. The molecule has 12 heteroatoms. The largest absolute Gasteiger partial charge is 0.483 e. The van der Waals surface area contributed by atoms with E-state index in [0.717, 1.165) is 30.5 Å². The molecule has 4 rings (SSSR count). The molecule has 0 radical (unpaired) electrons. The number of aromatic nitrogens is 2. The van der Waals surface area contributed by atoms with Crippen LogP contribution < -0.4 is 0 Å². The maximum Gasteiger partial charge on any atom is 0.483 e. The lowest BCUT2D eigenvalue weighted by atomic mass is 10.2. The Balaban J connectivity index is 1.87. The molecule has 0 saturated heterocycles. The Labute approximate surface area is 183 Å².